The molecule has 1 atom stereocenters. The molecule has 0 fully saturated rings. The number of ether oxygens (including phenoxy) is 2. The van der Waals surface area contributed by atoms with E-state index in [0.29, 0.717) is 18.1 Å². The van der Waals surface area contributed by atoms with Crippen LogP contribution in [0, 0.1) is 0 Å². The fourth-order valence-electron chi connectivity index (χ4n) is 1.47. The van der Waals surface area contributed by atoms with Crippen molar-refractivity contribution in [3.05, 3.63) is 29.8 Å². The van der Waals surface area contributed by atoms with Crippen LogP contribution in [0.1, 0.15) is 5.56 Å². The van der Waals surface area contributed by atoms with Gasteiger partial charge >= 0.3 is 0 Å². The molecule has 3 N–H and O–H groups in total. The molecule has 5 heteroatoms. The van der Waals surface area contributed by atoms with Crippen molar-refractivity contribution < 1.29 is 9.47 Å². The average Bonchev–Trinajstić information content (AvgIpc) is 2.34. The summed E-state index contributed by atoms with van der Waals surface area (Å²) in [5.74, 6) is 0. The summed E-state index contributed by atoms with van der Waals surface area (Å²) in [6, 6.07) is 7.67. The van der Waals surface area contributed by atoms with Crippen LogP contribution >= 0.6 is 12.2 Å². The highest BCUT2D eigenvalue weighted by molar-refractivity contribution is 7.80. The summed E-state index contributed by atoms with van der Waals surface area (Å²) in [6.45, 7) is 1.18. The maximum Gasteiger partial charge on any atom is 0.106 e. The van der Waals surface area contributed by atoms with Crippen molar-refractivity contribution in [3.63, 3.8) is 0 Å². The van der Waals surface area contributed by atoms with Crippen molar-refractivity contribution in [1.29, 1.82) is 0 Å². The van der Waals surface area contributed by atoms with Crippen molar-refractivity contribution in [1.82, 2.24) is 0 Å². The maximum atomic E-state index is 5.65. The molecule has 94 valence electrons. The van der Waals surface area contributed by atoms with Gasteiger partial charge in [-0.25, -0.2) is 0 Å². The van der Waals surface area contributed by atoms with E-state index in [1.165, 1.54) is 0 Å². The topological polar surface area (TPSA) is 56.5 Å². The highest BCUT2D eigenvalue weighted by atomic mass is 32.1. The molecule has 0 bridgehead atoms. The lowest BCUT2D eigenvalue weighted by Crippen LogP contribution is -2.27. The van der Waals surface area contributed by atoms with Crippen LogP contribution in [-0.4, -0.2) is 38.5 Å². The lowest BCUT2D eigenvalue weighted by Gasteiger charge is -2.17. The largest absolute Gasteiger partial charge is 0.389 e. The van der Waals surface area contributed by atoms with Gasteiger partial charge in [0.2, 0.25) is 0 Å². The Balaban J connectivity index is 2.65. The van der Waals surface area contributed by atoms with Gasteiger partial charge in [-0.3, -0.25) is 0 Å². The lowest BCUT2D eigenvalue weighted by molar-refractivity contribution is 0.0365. The number of anilines is 1. The van der Waals surface area contributed by atoms with Crippen molar-refractivity contribution in [2.45, 2.75) is 6.10 Å². The fraction of sp³-hybridized carbons (Fsp3) is 0.417. The minimum Gasteiger partial charge on any atom is -0.389 e. The van der Waals surface area contributed by atoms with Crippen molar-refractivity contribution in [3.8, 4) is 0 Å². The first-order valence-corrected chi connectivity index (χ1v) is 5.74. The molecule has 1 rings (SSSR count). The van der Waals surface area contributed by atoms with Gasteiger partial charge in [-0.1, -0.05) is 24.4 Å². The molecule has 1 aromatic rings. The van der Waals surface area contributed by atoms with Gasteiger partial charge < -0.3 is 20.5 Å². The van der Waals surface area contributed by atoms with Crippen LogP contribution in [0.2, 0.25) is 0 Å². The number of methoxy groups -OCH3 is 2. The van der Waals surface area contributed by atoms with Crippen molar-refractivity contribution in [2.24, 2.45) is 5.73 Å². The quantitative estimate of drug-likeness (QED) is 0.720. The van der Waals surface area contributed by atoms with E-state index >= 15 is 0 Å². The normalized spacial score (nSPS) is 12.1. The molecule has 1 aromatic carbocycles. The Morgan fingerprint density at radius 1 is 1.41 bits per heavy atom. The first-order chi connectivity index (χ1) is 8.19. The Kier molecular flexibility index (Phi) is 5.90. The van der Waals surface area contributed by atoms with Gasteiger partial charge in [0.1, 0.15) is 4.99 Å². The first kappa shape index (κ1) is 13.9. The average molecular weight is 254 g/mol. The number of hydrogen-bond donors (Lipinski definition) is 2. The second-order valence-electron chi connectivity index (χ2n) is 3.60. The van der Waals surface area contributed by atoms with Gasteiger partial charge in [-0.15, -0.1) is 0 Å². The van der Waals surface area contributed by atoms with E-state index in [9.17, 15) is 0 Å². The summed E-state index contributed by atoms with van der Waals surface area (Å²) in [4.78, 5) is 0.383. The Labute approximate surface area is 107 Å². The highest BCUT2D eigenvalue weighted by Crippen LogP contribution is 2.14. The molecule has 0 spiro atoms. The van der Waals surface area contributed by atoms with Crippen LogP contribution in [0.5, 0.6) is 0 Å². The zero-order valence-corrected chi connectivity index (χ0v) is 10.9. The number of nitrogens with two attached hydrogens (primary N) is 1. The minimum atomic E-state index is -0.000554. The molecule has 17 heavy (non-hydrogen) atoms. The second kappa shape index (κ2) is 7.21. The smallest absolute Gasteiger partial charge is 0.106 e. The van der Waals surface area contributed by atoms with Crippen LogP contribution < -0.4 is 11.1 Å². The standard InChI is InChI=1S/C12H18N2O2S/c1-15-8-9(16-2)7-14-11-6-4-3-5-10(11)12(13)17/h3-6,9,14H,7-8H2,1-2H3,(H2,13,17). The van der Waals surface area contributed by atoms with E-state index in [1.54, 1.807) is 14.2 Å². The summed E-state index contributed by atoms with van der Waals surface area (Å²) in [5.41, 5.74) is 7.40. The van der Waals surface area contributed by atoms with Gasteiger partial charge in [0.25, 0.3) is 0 Å². The molecule has 0 aromatic heterocycles. The van der Waals surface area contributed by atoms with Crippen LogP contribution in [0.4, 0.5) is 5.69 Å². The summed E-state index contributed by atoms with van der Waals surface area (Å²) < 4.78 is 10.3. The number of rotatable bonds is 7. The van der Waals surface area contributed by atoms with Crippen LogP contribution in [-0.2, 0) is 9.47 Å². The summed E-state index contributed by atoms with van der Waals surface area (Å²) >= 11 is 4.99. The summed E-state index contributed by atoms with van der Waals surface area (Å²) in [7, 11) is 3.31. The lowest BCUT2D eigenvalue weighted by atomic mass is 10.1. The molecule has 0 aliphatic heterocycles. The fourth-order valence-corrected chi connectivity index (χ4v) is 1.65. The Morgan fingerprint density at radius 3 is 2.71 bits per heavy atom. The molecular formula is C12H18N2O2S. The van der Waals surface area contributed by atoms with Gasteiger partial charge in [0, 0.05) is 32.0 Å². The molecule has 4 nitrogen and oxygen atoms in total. The van der Waals surface area contributed by atoms with E-state index in [1.807, 2.05) is 24.3 Å². The number of hydrogen-bond acceptors (Lipinski definition) is 4. The predicted octanol–water partition coefficient (Wildman–Crippen LogP) is 1.39. The number of thiocarbonyl (C=S) groups is 1. The molecule has 0 radical (unpaired) electrons. The van der Waals surface area contributed by atoms with Gasteiger partial charge in [0.15, 0.2) is 0 Å². The monoisotopic (exact) mass is 254 g/mol. The summed E-state index contributed by atoms with van der Waals surface area (Å²) in [5, 5.41) is 3.26. The van der Waals surface area contributed by atoms with Crippen LogP contribution in [0.25, 0.3) is 0 Å². The Hall–Kier alpha value is -1.17. The third-order valence-electron chi connectivity index (χ3n) is 2.40. The molecule has 0 aliphatic carbocycles. The molecular weight excluding hydrogens is 236 g/mol. The molecule has 0 saturated carbocycles. The molecule has 0 saturated heterocycles. The molecule has 0 heterocycles. The van der Waals surface area contributed by atoms with E-state index < -0.39 is 0 Å². The highest BCUT2D eigenvalue weighted by Gasteiger charge is 2.08. The van der Waals surface area contributed by atoms with Gasteiger partial charge in [-0.05, 0) is 12.1 Å². The predicted molar refractivity (Wildman–Crippen MR) is 73.5 cm³/mol. The molecule has 0 amide bonds. The maximum absolute atomic E-state index is 5.65. The van der Waals surface area contributed by atoms with Crippen LogP contribution in [0.15, 0.2) is 24.3 Å². The Morgan fingerprint density at radius 2 is 2.12 bits per heavy atom. The van der Waals surface area contributed by atoms with E-state index in [0.717, 1.165) is 11.3 Å². The van der Waals surface area contributed by atoms with Crippen molar-refractivity contribution in [2.75, 3.05) is 32.7 Å². The minimum absolute atomic E-state index is 0.000554. The Bertz CT molecular complexity index is 371. The zero-order chi connectivity index (χ0) is 12.7. The zero-order valence-electron chi connectivity index (χ0n) is 10.1. The van der Waals surface area contributed by atoms with E-state index in [2.05, 4.69) is 5.32 Å². The number of nitrogens with one attached hydrogen (secondary N) is 1. The van der Waals surface area contributed by atoms with Gasteiger partial charge in [0.05, 0.1) is 12.7 Å². The van der Waals surface area contributed by atoms with Crippen LogP contribution in [0.3, 0.4) is 0 Å². The SMILES string of the molecule is COCC(CNc1ccccc1C(N)=S)OC. The van der Waals surface area contributed by atoms with E-state index in [4.69, 9.17) is 27.4 Å². The molecule has 1 unspecified atom stereocenters. The second-order valence-corrected chi connectivity index (χ2v) is 4.04. The van der Waals surface area contributed by atoms with E-state index in [-0.39, 0.29) is 6.10 Å². The molecule has 0 aliphatic rings. The number of benzene rings is 1. The van der Waals surface area contributed by atoms with Gasteiger partial charge in [-0.2, -0.15) is 0 Å². The van der Waals surface area contributed by atoms with Crippen molar-refractivity contribution >= 4 is 22.9 Å². The first-order valence-electron chi connectivity index (χ1n) is 5.33. The summed E-state index contributed by atoms with van der Waals surface area (Å²) in [6.07, 6.45) is -0.000554. The third-order valence-corrected chi connectivity index (χ3v) is 2.62. The number of para-hydroxylation sites is 1. The third kappa shape index (κ3) is 4.30.